The number of carbonyl (C=O) groups excluding carboxylic acids is 11. The maximum atomic E-state index is 15.7. The number of amides is 11. The van der Waals surface area contributed by atoms with Crippen LogP contribution in [0.2, 0.25) is 0 Å². The van der Waals surface area contributed by atoms with Gasteiger partial charge in [0.1, 0.15) is 64.9 Å². The van der Waals surface area contributed by atoms with Crippen LogP contribution < -0.4 is 64.1 Å². The van der Waals surface area contributed by atoms with Crippen molar-refractivity contribution in [1.82, 2.24) is 72.7 Å². The van der Waals surface area contributed by atoms with Gasteiger partial charge in [-0.25, -0.2) is 14.4 Å². The first-order valence-electron chi connectivity index (χ1n) is 37.6. The highest BCUT2D eigenvalue weighted by molar-refractivity contribution is 6.01. The van der Waals surface area contributed by atoms with E-state index in [1.807, 2.05) is 62.4 Å². The molecule has 1 fully saturated rings. The summed E-state index contributed by atoms with van der Waals surface area (Å²) in [6, 6.07) is 18.9. The van der Waals surface area contributed by atoms with E-state index in [0.717, 1.165) is 60.2 Å². The summed E-state index contributed by atoms with van der Waals surface area (Å²) in [5.41, 5.74) is 15.2. The number of carboxylic acids is 2. The van der Waals surface area contributed by atoms with Crippen molar-refractivity contribution < 1.29 is 91.9 Å². The number of hydrogen-bond donors (Lipinski definition) is 17. The molecule has 1 aliphatic heterocycles. The fourth-order valence-electron chi connectivity index (χ4n) is 13.5. The third-order valence-corrected chi connectivity index (χ3v) is 20.1. The molecule has 1 saturated heterocycles. The molecule has 35 heteroatoms. The van der Waals surface area contributed by atoms with Crippen molar-refractivity contribution in [2.24, 2.45) is 11.5 Å². The van der Waals surface area contributed by atoms with Gasteiger partial charge in [0, 0.05) is 57.5 Å². The van der Waals surface area contributed by atoms with E-state index in [4.69, 9.17) is 16.2 Å². The molecule has 12 atom stereocenters. The monoisotopic (exact) mass is 1600 g/mol. The van der Waals surface area contributed by atoms with Crippen LogP contribution in [0.1, 0.15) is 106 Å². The lowest BCUT2D eigenvalue weighted by atomic mass is 9.90. The maximum absolute atomic E-state index is 15.7. The molecule has 8 rings (SSSR count). The Bertz CT molecular complexity index is 4660. The Kier molecular flexibility index (Phi) is 31.2. The van der Waals surface area contributed by atoms with Crippen LogP contribution in [0.5, 0.6) is 5.75 Å². The number of aromatic nitrogens is 4. The van der Waals surface area contributed by atoms with Gasteiger partial charge < -0.3 is 99.3 Å². The van der Waals surface area contributed by atoms with Crippen LogP contribution >= 0.6 is 0 Å². The van der Waals surface area contributed by atoms with Gasteiger partial charge in [-0.05, 0) is 129 Å². The van der Waals surface area contributed by atoms with Gasteiger partial charge in [-0.2, -0.15) is 0 Å². The molecule has 0 aliphatic carbocycles. The lowest BCUT2D eigenvalue weighted by molar-refractivity contribution is -0.146. The van der Waals surface area contributed by atoms with Crippen molar-refractivity contribution >= 4 is 76.9 Å². The minimum absolute atomic E-state index is 0.0309. The number of primary amides is 1. The summed E-state index contributed by atoms with van der Waals surface area (Å²) >= 11 is 0. The van der Waals surface area contributed by atoms with Crippen LogP contribution in [0.25, 0.3) is 22.3 Å². The molecule has 19 N–H and O–H groups in total. The van der Waals surface area contributed by atoms with E-state index in [1.165, 1.54) is 48.9 Å². The highest BCUT2D eigenvalue weighted by atomic mass is 19.1. The van der Waals surface area contributed by atoms with Crippen molar-refractivity contribution in [3.05, 3.63) is 185 Å². The number of likely N-dealkylation sites (tertiary alicyclic amines) is 1. The Labute approximate surface area is 667 Å². The molecule has 0 saturated carbocycles. The minimum atomic E-state index is -2.41. The number of aliphatic hydroxyl groups is 2. The fraction of sp³-hybridized carbons (Fsp3) is 0.395. The Balaban J connectivity index is 0.988. The summed E-state index contributed by atoms with van der Waals surface area (Å²) in [7, 11) is 1.55. The number of aryl methyl sites for hydroxylation is 2. The van der Waals surface area contributed by atoms with Gasteiger partial charge in [0.05, 0.1) is 62.4 Å². The fourth-order valence-corrected chi connectivity index (χ4v) is 13.5. The number of methoxy groups -OCH3 is 1. The largest absolute Gasteiger partial charge is 0.497 e. The van der Waals surface area contributed by atoms with Gasteiger partial charge >= 0.3 is 11.9 Å². The number of rotatable bonds is 41. The zero-order valence-electron chi connectivity index (χ0n) is 65.1. The van der Waals surface area contributed by atoms with Crippen LogP contribution in [0, 0.1) is 12.7 Å². The number of benzene rings is 5. The van der Waals surface area contributed by atoms with Gasteiger partial charge in [0.25, 0.3) is 0 Å². The second kappa shape index (κ2) is 40.8. The zero-order chi connectivity index (χ0) is 84.7. The number of H-pyrrole nitrogens is 2. The smallest absolute Gasteiger partial charge is 0.305 e. The first-order chi connectivity index (χ1) is 55.1. The van der Waals surface area contributed by atoms with Crippen molar-refractivity contribution in [1.29, 1.82) is 0 Å². The molecule has 3 heterocycles. The average molecular weight is 1600 g/mol. The first kappa shape index (κ1) is 88.8. The molecule has 7 aromatic rings. The molecule has 0 spiro atoms. The van der Waals surface area contributed by atoms with E-state index in [2.05, 4.69) is 67.8 Å². The SMILES string of the molecule is CCc1cc(OC)ccc1-c1ccc(C[C@H](NC(=O)[C@H](CC(=O)O)NC(=O)[C@H](Cc2c[nH]cn2)NC(=O)[C@@H](NC(=O)[C@@](C)(Cc2ccccc2F)NC(=O)[C@@H](NC(=O)CNC(=O)[C@H](CCC(=O)O)NC(=O)[C@@]2(C)CCCN2C(=O)C(N)Cc2c[nH]cn2)[C@@H](C)O)[C@@H](C)O)C(=O)N[C@@H](Cc2ccc(-c3ccccc3C)cc2)C(N)=O)cc1. The van der Waals surface area contributed by atoms with Crippen LogP contribution in [-0.4, -0.2) is 214 Å². The third kappa shape index (κ3) is 24.1. The molecule has 11 amide bonds. The number of hydrogen-bond acceptors (Lipinski definition) is 19. The average Bonchev–Trinajstić information content (AvgIpc) is 1.61. The normalized spacial score (nSPS) is 16.2. The summed E-state index contributed by atoms with van der Waals surface area (Å²) in [5, 5.41) is 64.0. The minimum Gasteiger partial charge on any atom is -0.497 e. The molecular weight excluding hydrogens is 1500 g/mol. The van der Waals surface area contributed by atoms with Gasteiger partial charge in [0.15, 0.2) is 0 Å². The summed E-state index contributed by atoms with van der Waals surface area (Å²) in [6.45, 7) is 7.75. The molecule has 34 nitrogen and oxygen atoms in total. The Morgan fingerprint density at radius 1 is 0.629 bits per heavy atom. The highest BCUT2D eigenvalue weighted by Crippen LogP contribution is 2.32. The number of imidazole rings is 2. The maximum Gasteiger partial charge on any atom is 0.305 e. The Morgan fingerprint density at radius 2 is 1.18 bits per heavy atom. The Hall–Kier alpha value is -12.8. The topological polar surface area (TPSA) is 533 Å². The third-order valence-electron chi connectivity index (χ3n) is 20.1. The van der Waals surface area contributed by atoms with Gasteiger partial charge in [0.2, 0.25) is 65.0 Å². The van der Waals surface area contributed by atoms with E-state index < -0.39 is 193 Å². The van der Waals surface area contributed by atoms with Crippen molar-refractivity contribution in [2.45, 2.75) is 184 Å². The highest BCUT2D eigenvalue weighted by Gasteiger charge is 2.48. The number of carboxylic acid groups (broad SMARTS) is 2. The molecular formula is C81H99FN16O18. The summed E-state index contributed by atoms with van der Waals surface area (Å²) in [5.74, 6) is -15.2. The van der Waals surface area contributed by atoms with Crippen molar-refractivity contribution in [3.63, 3.8) is 0 Å². The molecule has 0 radical (unpaired) electrons. The van der Waals surface area contributed by atoms with E-state index >= 15 is 4.39 Å². The summed E-state index contributed by atoms with van der Waals surface area (Å²) < 4.78 is 21.1. The second-order valence-corrected chi connectivity index (χ2v) is 29.0. The standard InChI is InChI=1S/C81H99FN16O18/c1-8-49-34-55(116-7)26-27-57(49)51-24-20-48(21-25-51)33-62(72(108)90-61(70(84)106)32-47-18-22-50(23-19-47)56-16-11-9-14-44(56)2)91-74(110)64(37-67(104)105)92-73(109)63(36-54-40-86-43-89-54)93-75(111)68(45(3)99)96-78(114)80(5,38-52-15-10-12-17-58(52)82)97-76(112)69(46(4)100)95-65(101)41-87-71(107)60(28-29-66(102)103)94-79(115)81(6)30-13-31-98(81)77(113)59(83)35-53-39-85-42-88-53/h9-12,14-27,34,39-40,42-43,45-46,59-64,68-69,99-100H,8,13,28-33,35-38,41,83H2,1-7H3,(H2,84,106)(H,85,88)(H,86,89)(H,87,107)(H,90,108)(H,91,110)(H,92,109)(H,93,111)(H,94,115)(H,95,101)(H,96,114)(H,97,112)(H,102,103)(H,104,105)/t45-,46-,59?,60+,61+,62+,63+,64+,68+,69+,80-,81-/m1/s1. The van der Waals surface area contributed by atoms with Crippen LogP contribution in [0.3, 0.4) is 0 Å². The molecule has 2 aromatic heterocycles. The van der Waals surface area contributed by atoms with Crippen molar-refractivity contribution in [2.75, 3.05) is 20.2 Å². The van der Waals surface area contributed by atoms with Crippen LogP contribution in [0.4, 0.5) is 4.39 Å². The zero-order valence-corrected chi connectivity index (χ0v) is 65.1. The molecule has 618 valence electrons. The number of aromatic amines is 2. The second-order valence-electron chi connectivity index (χ2n) is 29.0. The number of nitrogens with zero attached hydrogens (tertiary/aromatic N) is 3. The van der Waals surface area contributed by atoms with E-state index in [9.17, 15) is 82.8 Å². The predicted molar refractivity (Wildman–Crippen MR) is 419 cm³/mol. The number of aliphatic carboxylic acids is 2. The number of aliphatic hydroxyl groups excluding tert-OH is 2. The number of carbonyl (C=O) groups is 13. The summed E-state index contributed by atoms with van der Waals surface area (Å²) in [4.78, 5) is 196. The van der Waals surface area contributed by atoms with E-state index in [1.54, 1.807) is 55.8 Å². The molecule has 1 unspecified atom stereocenters. The lowest BCUT2D eigenvalue weighted by Gasteiger charge is -2.36. The van der Waals surface area contributed by atoms with Crippen LogP contribution in [-0.2, 0) is 101 Å². The predicted octanol–water partition coefficient (Wildman–Crippen LogP) is 0.678. The number of nitrogens with two attached hydrogens (primary N) is 2. The van der Waals surface area contributed by atoms with E-state index in [0.29, 0.717) is 35.4 Å². The Morgan fingerprint density at radius 3 is 1.75 bits per heavy atom. The molecule has 0 bridgehead atoms. The van der Waals surface area contributed by atoms with Crippen molar-refractivity contribution in [3.8, 4) is 28.0 Å². The number of halogens is 1. The molecule has 116 heavy (non-hydrogen) atoms. The summed E-state index contributed by atoms with van der Waals surface area (Å²) in [6.07, 6.45) is -0.915. The number of nitrogens with one attached hydrogen (secondary N) is 11. The number of ether oxygens (including phenoxy) is 1. The van der Waals surface area contributed by atoms with Gasteiger partial charge in [-0.15, -0.1) is 0 Å². The van der Waals surface area contributed by atoms with E-state index in [-0.39, 0.29) is 43.5 Å². The van der Waals surface area contributed by atoms with Gasteiger partial charge in [-0.3, -0.25) is 62.3 Å². The first-order valence-corrected chi connectivity index (χ1v) is 37.6. The lowest BCUT2D eigenvalue weighted by Crippen LogP contribution is -2.67. The quantitative estimate of drug-likeness (QED) is 0.0250. The van der Waals surface area contributed by atoms with Crippen LogP contribution in [0.15, 0.2) is 140 Å². The van der Waals surface area contributed by atoms with Gasteiger partial charge in [-0.1, -0.05) is 104 Å². The molecule has 5 aromatic carbocycles. The molecule has 1 aliphatic rings.